The number of hydrogen-bond acceptors (Lipinski definition) is 5. The van der Waals surface area contributed by atoms with Gasteiger partial charge in [0.1, 0.15) is 5.60 Å². The van der Waals surface area contributed by atoms with E-state index in [1.807, 2.05) is 45.0 Å². The van der Waals surface area contributed by atoms with E-state index in [0.29, 0.717) is 6.54 Å². The number of rotatable bonds is 4. The fourth-order valence-electron chi connectivity index (χ4n) is 2.88. The van der Waals surface area contributed by atoms with E-state index >= 15 is 0 Å². The van der Waals surface area contributed by atoms with Crippen molar-refractivity contribution >= 4 is 11.8 Å². The number of nitrogens with two attached hydrogens (primary N) is 2. The van der Waals surface area contributed by atoms with Crippen molar-refractivity contribution in [1.82, 2.24) is 10.2 Å². The molecule has 0 saturated carbocycles. The lowest BCUT2D eigenvalue weighted by Crippen LogP contribution is -2.41. The molecule has 1 saturated heterocycles. The van der Waals surface area contributed by atoms with Crippen molar-refractivity contribution in [3.8, 4) is 0 Å². The van der Waals surface area contributed by atoms with Crippen LogP contribution in [0.2, 0.25) is 0 Å². The number of alkyl carbamates (subject to hydrolysis) is 1. The summed E-state index contributed by atoms with van der Waals surface area (Å²) in [6, 6.07) is 8.05. The van der Waals surface area contributed by atoms with Crippen LogP contribution in [-0.4, -0.2) is 42.3 Å². The minimum atomic E-state index is -0.480. The quantitative estimate of drug-likeness (QED) is 0.736. The molecule has 1 aliphatic heterocycles. The first-order chi connectivity index (χ1) is 10.8. The van der Waals surface area contributed by atoms with Crippen LogP contribution in [0, 0.1) is 0 Å². The number of ether oxygens (including phenoxy) is 1. The average Bonchev–Trinajstić information content (AvgIpc) is 2.87. The number of anilines is 1. The summed E-state index contributed by atoms with van der Waals surface area (Å²) in [5.74, 6) is 0. The molecule has 2 rings (SSSR count). The van der Waals surface area contributed by atoms with E-state index in [1.165, 1.54) is 0 Å². The van der Waals surface area contributed by atoms with Crippen molar-refractivity contribution < 1.29 is 9.53 Å². The molecule has 128 valence electrons. The SMILES string of the molecule is CC(C)(C)OC(=O)N[C@@H]1CCN([C@H](CN)c2ccc(N)cc2)C1. The van der Waals surface area contributed by atoms with E-state index in [9.17, 15) is 4.79 Å². The van der Waals surface area contributed by atoms with Crippen LogP contribution < -0.4 is 16.8 Å². The van der Waals surface area contributed by atoms with Gasteiger partial charge in [-0.1, -0.05) is 12.1 Å². The maximum absolute atomic E-state index is 11.9. The van der Waals surface area contributed by atoms with Gasteiger partial charge in [0.05, 0.1) is 0 Å². The Kier molecular flexibility index (Phi) is 5.49. The molecule has 0 aromatic heterocycles. The lowest BCUT2D eigenvalue weighted by Gasteiger charge is -2.27. The second-order valence-electron chi connectivity index (χ2n) is 7.04. The Labute approximate surface area is 138 Å². The van der Waals surface area contributed by atoms with Crippen LogP contribution in [0.3, 0.4) is 0 Å². The zero-order chi connectivity index (χ0) is 17.0. The van der Waals surface area contributed by atoms with E-state index in [0.717, 1.165) is 30.8 Å². The minimum absolute atomic E-state index is 0.0904. The van der Waals surface area contributed by atoms with E-state index in [4.69, 9.17) is 16.2 Å². The third-order valence-corrected chi connectivity index (χ3v) is 3.93. The topological polar surface area (TPSA) is 93.6 Å². The van der Waals surface area contributed by atoms with Crippen molar-refractivity contribution in [2.24, 2.45) is 5.73 Å². The van der Waals surface area contributed by atoms with Crippen LogP contribution >= 0.6 is 0 Å². The van der Waals surface area contributed by atoms with Crippen LogP contribution in [-0.2, 0) is 4.74 Å². The Bertz CT molecular complexity index is 524. The third-order valence-electron chi connectivity index (χ3n) is 3.93. The Morgan fingerprint density at radius 1 is 1.39 bits per heavy atom. The fraction of sp³-hybridized carbons (Fsp3) is 0.588. The third kappa shape index (κ3) is 5.11. The van der Waals surface area contributed by atoms with Gasteiger partial charge in [0.25, 0.3) is 0 Å². The number of nitrogens with one attached hydrogen (secondary N) is 1. The fourth-order valence-corrected chi connectivity index (χ4v) is 2.88. The average molecular weight is 320 g/mol. The smallest absolute Gasteiger partial charge is 0.407 e. The molecular weight excluding hydrogens is 292 g/mol. The van der Waals surface area contributed by atoms with Crippen molar-refractivity contribution in [2.75, 3.05) is 25.4 Å². The number of hydrogen-bond donors (Lipinski definition) is 3. The summed E-state index contributed by atoms with van der Waals surface area (Å²) in [7, 11) is 0. The molecular formula is C17H28N4O2. The molecule has 1 aliphatic rings. The van der Waals surface area contributed by atoms with Crippen molar-refractivity contribution in [1.29, 1.82) is 0 Å². The van der Waals surface area contributed by atoms with E-state index in [-0.39, 0.29) is 18.2 Å². The van der Waals surface area contributed by atoms with Crippen LogP contribution in [0.1, 0.15) is 38.8 Å². The van der Waals surface area contributed by atoms with Crippen molar-refractivity contribution in [2.45, 2.75) is 44.9 Å². The van der Waals surface area contributed by atoms with Gasteiger partial charge in [-0.3, -0.25) is 4.90 Å². The summed E-state index contributed by atoms with van der Waals surface area (Å²) in [6.07, 6.45) is 0.534. The van der Waals surface area contributed by atoms with Crippen LogP contribution in [0.15, 0.2) is 24.3 Å². The Hall–Kier alpha value is -1.79. The molecule has 0 unspecified atom stereocenters. The Balaban J connectivity index is 1.93. The van der Waals surface area contributed by atoms with Gasteiger partial charge < -0.3 is 21.5 Å². The number of amides is 1. The van der Waals surface area contributed by atoms with E-state index in [2.05, 4.69) is 10.2 Å². The first-order valence-corrected chi connectivity index (χ1v) is 8.07. The molecule has 23 heavy (non-hydrogen) atoms. The van der Waals surface area contributed by atoms with Gasteiger partial charge in [-0.2, -0.15) is 0 Å². The Morgan fingerprint density at radius 2 is 2.04 bits per heavy atom. The summed E-state index contributed by atoms with van der Waals surface area (Å²) in [4.78, 5) is 14.2. The van der Waals surface area contributed by atoms with Crippen molar-refractivity contribution in [3.05, 3.63) is 29.8 Å². The first-order valence-electron chi connectivity index (χ1n) is 8.07. The van der Waals surface area contributed by atoms with Gasteiger partial charge in [-0.15, -0.1) is 0 Å². The zero-order valence-corrected chi connectivity index (χ0v) is 14.2. The first kappa shape index (κ1) is 17.6. The second-order valence-corrected chi connectivity index (χ2v) is 7.04. The Morgan fingerprint density at radius 3 is 2.61 bits per heavy atom. The molecule has 0 radical (unpaired) electrons. The molecule has 5 N–H and O–H groups in total. The molecule has 1 aromatic rings. The van der Waals surface area contributed by atoms with Gasteiger partial charge in [0.2, 0.25) is 0 Å². The predicted octanol–water partition coefficient (Wildman–Crippen LogP) is 1.87. The lowest BCUT2D eigenvalue weighted by atomic mass is 10.1. The highest BCUT2D eigenvalue weighted by Gasteiger charge is 2.30. The molecule has 0 bridgehead atoms. The van der Waals surface area contributed by atoms with E-state index < -0.39 is 5.60 Å². The number of nitrogens with zero attached hydrogens (tertiary/aromatic N) is 1. The van der Waals surface area contributed by atoms with Gasteiger partial charge in [-0.25, -0.2) is 4.79 Å². The summed E-state index contributed by atoms with van der Waals surface area (Å²) >= 11 is 0. The summed E-state index contributed by atoms with van der Waals surface area (Å²) < 4.78 is 5.31. The second kappa shape index (κ2) is 7.19. The summed E-state index contributed by atoms with van der Waals surface area (Å²) in [6.45, 7) is 7.78. The number of likely N-dealkylation sites (tertiary alicyclic amines) is 1. The molecule has 0 spiro atoms. The standard InChI is InChI=1S/C17H28N4O2/c1-17(2,3)23-16(22)20-14-8-9-21(11-14)15(10-18)12-4-6-13(19)7-5-12/h4-7,14-15H,8-11,18-19H2,1-3H3,(H,20,22)/t14-,15-/m1/s1. The molecule has 1 heterocycles. The largest absolute Gasteiger partial charge is 0.444 e. The van der Waals surface area contributed by atoms with Crippen LogP contribution in [0.25, 0.3) is 0 Å². The van der Waals surface area contributed by atoms with Crippen LogP contribution in [0.4, 0.5) is 10.5 Å². The molecule has 1 aromatic carbocycles. The monoisotopic (exact) mass is 320 g/mol. The summed E-state index contributed by atoms with van der Waals surface area (Å²) in [5, 5.41) is 2.94. The molecule has 1 fully saturated rings. The number of carbonyl (C=O) groups excluding carboxylic acids is 1. The van der Waals surface area contributed by atoms with Gasteiger partial charge >= 0.3 is 6.09 Å². The maximum Gasteiger partial charge on any atom is 0.407 e. The number of benzene rings is 1. The van der Waals surface area contributed by atoms with E-state index in [1.54, 1.807) is 0 Å². The molecule has 6 heteroatoms. The highest BCUT2D eigenvalue weighted by Crippen LogP contribution is 2.25. The van der Waals surface area contributed by atoms with Crippen molar-refractivity contribution in [3.63, 3.8) is 0 Å². The molecule has 1 amide bonds. The van der Waals surface area contributed by atoms with Gasteiger partial charge in [-0.05, 0) is 44.9 Å². The zero-order valence-electron chi connectivity index (χ0n) is 14.2. The molecule has 0 aliphatic carbocycles. The number of nitrogen functional groups attached to an aromatic ring is 1. The highest BCUT2D eigenvalue weighted by atomic mass is 16.6. The van der Waals surface area contributed by atoms with Gasteiger partial charge in [0, 0.05) is 37.4 Å². The molecule has 6 nitrogen and oxygen atoms in total. The summed E-state index contributed by atoms with van der Waals surface area (Å²) in [5.41, 5.74) is 13.1. The maximum atomic E-state index is 11.9. The van der Waals surface area contributed by atoms with Gasteiger partial charge in [0.15, 0.2) is 0 Å². The number of carbonyl (C=O) groups is 1. The lowest BCUT2D eigenvalue weighted by molar-refractivity contribution is 0.0504. The predicted molar refractivity (Wildman–Crippen MR) is 92.0 cm³/mol. The van der Waals surface area contributed by atoms with Crippen LogP contribution in [0.5, 0.6) is 0 Å². The molecule has 2 atom stereocenters. The normalized spacial score (nSPS) is 20.3. The minimum Gasteiger partial charge on any atom is -0.444 e. The highest BCUT2D eigenvalue weighted by molar-refractivity contribution is 5.68.